The molecule has 0 saturated carbocycles. The summed E-state index contributed by atoms with van der Waals surface area (Å²) < 4.78 is 5.46. The lowest BCUT2D eigenvalue weighted by atomic mass is 10.0. The van der Waals surface area contributed by atoms with Gasteiger partial charge in [0, 0.05) is 30.9 Å². The SMILES string of the molecule is NC(=O)c1cnc(NCC(c2ccc(Cl)cc2)N2CCOCC2)c(Cl)c1. The number of pyridine rings is 1. The lowest BCUT2D eigenvalue weighted by Gasteiger charge is -2.35. The van der Waals surface area contributed by atoms with Crippen molar-refractivity contribution < 1.29 is 9.53 Å². The minimum atomic E-state index is -0.557. The van der Waals surface area contributed by atoms with Crippen LogP contribution in [0.3, 0.4) is 0 Å². The van der Waals surface area contributed by atoms with Crippen molar-refractivity contribution in [3.05, 3.63) is 57.7 Å². The fourth-order valence-corrected chi connectivity index (χ4v) is 3.29. The number of aromatic nitrogens is 1. The van der Waals surface area contributed by atoms with Crippen LogP contribution in [-0.2, 0) is 4.74 Å². The summed E-state index contributed by atoms with van der Waals surface area (Å²) in [5.41, 5.74) is 6.68. The van der Waals surface area contributed by atoms with E-state index in [0.29, 0.717) is 35.6 Å². The Morgan fingerprint density at radius 3 is 2.58 bits per heavy atom. The average molecular weight is 395 g/mol. The van der Waals surface area contributed by atoms with Gasteiger partial charge in [-0.1, -0.05) is 35.3 Å². The molecule has 1 aromatic carbocycles. The number of nitrogens with two attached hydrogens (primary N) is 1. The molecule has 2 heterocycles. The fraction of sp³-hybridized carbons (Fsp3) is 0.333. The number of primary amides is 1. The summed E-state index contributed by atoms with van der Waals surface area (Å²) in [6, 6.07) is 9.45. The van der Waals surface area contributed by atoms with Gasteiger partial charge in [0.2, 0.25) is 5.91 Å². The predicted octanol–water partition coefficient (Wildman–Crippen LogP) is 2.97. The lowest BCUT2D eigenvalue weighted by molar-refractivity contribution is 0.0187. The van der Waals surface area contributed by atoms with Crippen LogP contribution in [0, 0.1) is 0 Å². The second-order valence-electron chi connectivity index (χ2n) is 6.02. The highest BCUT2D eigenvalue weighted by molar-refractivity contribution is 6.33. The number of nitrogens with one attached hydrogen (secondary N) is 1. The smallest absolute Gasteiger partial charge is 0.250 e. The zero-order valence-electron chi connectivity index (χ0n) is 14.1. The first-order valence-electron chi connectivity index (χ1n) is 8.31. The van der Waals surface area contributed by atoms with Crippen LogP contribution in [0.25, 0.3) is 0 Å². The van der Waals surface area contributed by atoms with E-state index < -0.39 is 5.91 Å². The number of carbonyl (C=O) groups excluding carboxylic acids is 1. The summed E-state index contributed by atoms with van der Waals surface area (Å²) in [4.78, 5) is 17.8. The molecule has 1 fully saturated rings. The molecule has 0 bridgehead atoms. The minimum absolute atomic E-state index is 0.116. The number of anilines is 1. The van der Waals surface area contributed by atoms with E-state index in [1.54, 1.807) is 0 Å². The van der Waals surface area contributed by atoms with E-state index in [0.717, 1.165) is 18.7 Å². The van der Waals surface area contributed by atoms with Crippen molar-refractivity contribution >= 4 is 34.9 Å². The summed E-state index contributed by atoms with van der Waals surface area (Å²) in [7, 11) is 0. The molecule has 1 saturated heterocycles. The quantitative estimate of drug-likeness (QED) is 0.786. The summed E-state index contributed by atoms with van der Waals surface area (Å²) in [5, 5.41) is 4.34. The number of halogens is 2. The minimum Gasteiger partial charge on any atom is -0.379 e. The van der Waals surface area contributed by atoms with E-state index in [2.05, 4.69) is 15.2 Å². The third-order valence-electron chi connectivity index (χ3n) is 4.33. The molecule has 8 heteroatoms. The fourth-order valence-electron chi connectivity index (χ4n) is 2.93. The molecule has 6 nitrogen and oxygen atoms in total. The maximum absolute atomic E-state index is 11.2. The molecule has 1 unspecified atom stereocenters. The van der Waals surface area contributed by atoms with E-state index >= 15 is 0 Å². The molecule has 0 spiro atoms. The maximum atomic E-state index is 11.2. The Bertz CT molecular complexity index is 764. The molecule has 2 aromatic rings. The van der Waals surface area contributed by atoms with Gasteiger partial charge in [-0.25, -0.2) is 4.98 Å². The summed E-state index contributed by atoms with van der Waals surface area (Å²) in [5.74, 6) is -0.0396. The average Bonchev–Trinajstić information content (AvgIpc) is 2.65. The number of benzene rings is 1. The molecular formula is C18H20Cl2N4O2. The van der Waals surface area contributed by atoms with Crippen molar-refractivity contribution in [3.63, 3.8) is 0 Å². The first kappa shape index (κ1) is 18.9. The Kier molecular flexibility index (Phi) is 6.32. The normalized spacial score (nSPS) is 16.2. The number of nitrogens with zero attached hydrogens (tertiary/aromatic N) is 2. The van der Waals surface area contributed by atoms with Crippen molar-refractivity contribution in [1.82, 2.24) is 9.88 Å². The largest absolute Gasteiger partial charge is 0.379 e. The Balaban J connectivity index is 1.77. The van der Waals surface area contributed by atoms with Gasteiger partial charge in [0.25, 0.3) is 0 Å². The number of ether oxygens (including phenoxy) is 1. The molecule has 1 amide bonds. The number of hydrogen-bond donors (Lipinski definition) is 2. The van der Waals surface area contributed by atoms with Crippen LogP contribution in [0.4, 0.5) is 5.82 Å². The molecule has 1 aromatic heterocycles. The highest BCUT2D eigenvalue weighted by Gasteiger charge is 2.23. The van der Waals surface area contributed by atoms with Gasteiger partial charge in [-0.15, -0.1) is 0 Å². The first-order valence-corrected chi connectivity index (χ1v) is 9.06. The van der Waals surface area contributed by atoms with Crippen molar-refractivity contribution in [2.45, 2.75) is 6.04 Å². The van der Waals surface area contributed by atoms with Crippen molar-refractivity contribution in [2.75, 3.05) is 38.2 Å². The van der Waals surface area contributed by atoms with Gasteiger partial charge in [-0.05, 0) is 23.8 Å². The van der Waals surface area contributed by atoms with Gasteiger partial charge in [-0.3, -0.25) is 9.69 Å². The topological polar surface area (TPSA) is 80.5 Å². The summed E-state index contributed by atoms with van der Waals surface area (Å²) >= 11 is 12.2. The van der Waals surface area contributed by atoms with Gasteiger partial charge in [0.1, 0.15) is 5.82 Å². The van der Waals surface area contributed by atoms with Crippen LogP contribution < -0.4 is 11.1 Å². The highest BCUT2D eigenvalue weighted by Crippen LogP contribution is 2.26. The first-order chi connectivity index (χ1) is 12.5. The number of carbonyl (C=O) groups is 1. The van der Waals surface area contributed by atoms with Gasteiger partial charge in [0.05, 0.1) is 29.8 Å². The molecule has 3 N–H and O–H groups in total. The number of hydrogen-bond acceptors (Lipinski definition) is 5. The zero-order chi connectivity index (χ0) is 18.5. The Morgan fingerprint density at radius 2 is 1.96 bits per heavy atom. The molecule has 0 radical (unpaired) electrons. The predicted molar refractivity (Wildman–Crippen MR) is 103 cm³/mol. The number of morpholine rings is 1. The van der Waals surface area contributed by atoms with Gasteiger partial charge in [-0.2, -0.15) is 0 Å². The van der Waals surface area contributed by atoms with E-state index in [4.69, 9.17) is 33.7 Å². The molecule has 1 atom stereocenters. The number of rotatable bonds is 6. The summed E-state index contributed by atoms with van der Waals surface area (Å²) in [6.45, 7) is 3.70. The van der Waals surface area contributed by atoms with E-state index in [9.17, 15) is 4.79 Å². The Hall–Kier alpha value is -1.86. The van der Waals surface area contributed by atoms with Gasteiger partial charge in [0.15, 0.2) is 0 Å². The second kappa shape index (κ2) is 8.68. The van der Waals surface area contributed by atoms with Crippen molar-refractivity contribution in [3.8, 4) is 0 Å². The van der Waals surface area contributed by atoms with E-state index in [1.165, 1.54) is 12.3 Å². The Labute approximate surface area is 162 Å². The standard InChI is InChI=1S/C18H20Cl2N4O2/c19-14-3-1-12(2-4-14)16(24-5-7-26-8-6-24)11-23-18-15(20)9-13(10-22-18)17(21)25/h1-4,9-10,16H,5-8,11H2,(H2,21,25)(H,22,23). The van der Waals surface area contributed by atoms with Crippen LogP contribution in [0.5, 0.6) is 0 Å². The van der Waals surface area contributed by atoms with Crippen LogP contribution in [0.1, 0.15) is 22.0 Å². The third-order valence-corrected chi connectivity index (χ3v) is 4.87. The Morgan fingerprint density at radius 1 is 1.27 bits per heavy atom. The van der Waals surface area contributed by atoms with E-state index in [1.807, 2.05) is 24.3 Å². The van der Waals surface area contributed by atoms with Crippen molar-refractivity contribution in [1.29, 1.82) is 0 Å². The molecule has 3 rings (SSSR count). The highest BCUT2D eigenvalue weighted by atomic mass is 35.5. The molecule has 1 aliphatic rings. The molecule has 0 aliphatic carbocycles. The molecule has 26 heavy (non-hydrogen) atoms. The zero-order valence-corrected chi connectivity index (χ0v) is 15.6. The van der Waals surface area contributed by atoms with Gasteiger partial charge >= 0.3 is 0 Å². The van der Waals surface area contributed by atoms with Crippen LogP contribution in [0.2, 0.25) is 10.0 Å². The molecule has 138 valence electrons. The van der Waals surface area contributed by atoms with Crippen LogP contribution >= 0.6 is 23.2 Å². The van der Waals surface area contributed by atoms with Crippen LogP contribution in [0.15, 0.2) is 36.5 Å². The van der Waals surface area contributed by atoms with E-state index in [-0.39, 0.29) is 11.6 Å². The lowest BCUT2D eigenvalue weighted by Crippen LogP contribution is -2.41. The summed E-state index contributed by atoms with van der Waals surface area (Å²) in [6.07, 6.45) is 1.42. The molecular weight excluding hydrogens is 375 g/mol. The maximum Gasteiger partial charge on any atom is 0.250 e. The third kappa shape index (κ3) is 4.65. The van der Waals surface area contributed by atoms with Gasteiger partial charge < -0.3 is 15.8 Å². The van der Waals surface area contributed by atoms with Crippen molar-refractivity contribution in [2.24, 2.45) is 5.73 Å². The van der Waals surface area contributed by atoms with Crippen LogP contribution in [-0.4, -0.2) is 48.6 Å². The molecule has 1 aliphatic heterocycles. The monoisotopic (exact) mass is 394 g/mol. The number of amides is 1. The second-order valence-corrected chi connectivity index (χ2v) is 6.86.